The second-order valence-corrected chi connectivity index (χ2v) is 6.82. The molecule has 21 heavy (non-hydrogen) atoms. The van der Waals surface area contributed by atoms with Crippen molar-refractivity contribution in [1.82, 2.24) is 5.32 Å². The molecular formula is C19H22BrN. The van der Waals surface area contributed by atoms with Gasteiger partial charge in [-0.15, -0.1) is 0 Å². The predicted molar refractivity (Wildman–Crippen MR) is 92.9 cm³/mol. The number of hydrogen-bond donors (Lipinski definition) is 1. The molecule has 0 fully saturated rings. The van der Waals surface area contributed by atoms with Crippen LogP contribution in [0.3, 0.4) is 0 Å². The third kappa shape index (κ3) is 3.07. The first-order valence-electron chi connectivity index (χ1n) is 7.74. The fourth-order valence-corrected chi connectivity index (χ4v) is 3.55. The van der Waals surface area contributed by atoms with E-state index in [1.165, 1.54) is 46.8 Å². The Morgan fingerprint density at radius 3 is 2.33 bits per heavy atom. The second kappa shape index (κ2) is 6.33. The van der Waals surface area contributed by atoms with Crippen LogP contribution in [-0.4, -0.2) is 7.05 Å². The molecule has 1 atom stereocenters. The van der Waals surface area contributed by atoms with Gasteiger partial charge in [-0.2, -0.15) is 0 Å². The van der Waals surface area contributed by atoms with Crippen molar-refractivity contribution in [2.75, 3.05) is 7.05 Å². The minimum Gasteiger partial charge on any atom is -0.309 e. The van der Waals surface area contributed by atoms with Crippen LogP contribution >= 0.6 is 15.9 Å². The summed E-state index contributed by atoms with van der Waals surface area (Å²) >= 11 is 3.59. The van der Waals surface area contributed by atoms with E-state index in [1.54, 1.807) is 11.1 Å². The first-order chi connectivity index (χ1) is 10.2. The van der Waals surface area contributed by atoms with E-state index in [9.17, 15) is 0 Å². The summed E-state index contributed by atoms with van der Waals surface area (Å²) in [5.41, 5.74) is 7.08. The van der Waals surface area contributed by atoms with E-state index in [0.29, 0.717) is 0 Å². The lowest BCUT2D eigenvalue weighted by Gasteiger charge is -2.22. The molecule has 0 saturated heterocycles. The molecule has 1 unspecified atom stereocenters. The van der Waals surface area contributed by atoms with Crippen molar-refractivity contribution in [2.24, 2.45) is 0 Å². The summed E-state index contributed by atoms with van der Waals surface area (Å²) in [6, 6.07) is 13.9. The molecule has 0 amide bonds. The Hall–Kier alpha value is -1.12. The number of hydrogen-bond acceptors (Lipinski definition) is 1. The van der Waals surface area contributed by atoms with Gasteiger partial charge in [-0.3, -0.25) is 0 Å². The van der Waals surface area contributed by atoms with Crippen molar-refractivity contribution in [3.63, 3.8) is 0 Å². The highest BCUT2D eigenvalue weighted by Crippen LogP contribution is 2.29. The van der Waals surface area contributed by atoms with Crippen LogP contribution in [0.4, 0.5) is 0 Å². The highest BCUT2D eigenvalue weighted by molar-refractivity contribution is 9.10. The normalized spacial score (nSPS) is 15.6. The third-order valence-corrected chi connectivity index (χ3v) is 5.40. The van der Waals surface area contributed by atoms with Gasteiger partial charge in [0, 0.05) is 4.47 Å². The molecule has 0 aliphatic heterocycles. The van der Waals surface area contributed by atoms with Gasteiger partial charge >= 0.3 is 0 Å². The molecule has 0 bridgehead atoms. The molecular weight excluding hydrogens is 322 g/mol. The lowest BCUT2D eigenvalue weighted by Crippen LogP contribution is -2.18. The minimum absolute atomic E-state index is 0.268. The molecule has 1 nitrogen and oxygen atoms in total. The maximum atomic E-state index is 3.59. The van der Waals surface area contributed by atoms with Crippen LogP contribution in [0.1, 0.15) is 46.7 Å². The summed E-state index contributed by atoms with van der Waals surface area (Å²) in [5.74, 6) is 0. The maximum Gasteiger partial charge on any atom is 0.0574 e. The Kier molecular flexibility index (Phi) is 4.46. The topological polar surface area (TPSA) is 12.0 Å². The Morgan fingerprint density at radius 2 is 1.62 bits per heavy atom. The minimum atomic E-state index is 0.268. The van der Waals surface area contributed by atoms with Crippen molar-refractivity contribution < 1.29 is 0 Å². The molecule has 0 spiro atoms. The van der Waals surface area contributed by atoms with Crippen LogP contribution in [0, 0.1) is 6.92 Å². The third-order valence-electron chi connectivity index (χ3n) is 4.51. The zero-order valence-electron chi connectivity index (χ0n) is 12.7. The highest BCUT2D eigenvalue weighted by atomic mass is 79.9. The lowest BCUT2D eigenvalue weighted by molar-refractivity contribution is 0.667. The number of fused-ring (bicyclic) bond motifs is 1. The molecule has 0 heterocycles. The van der Waals surface area contributed by atoms with Gasteiger partial charge in [-0.25, -0.2) is 0 Å². The van der Waals surface area contributed by atoms with E-state index in [-0.39, 0.29) is 6.04 Å². The Labute approximate surface area is 135 Å². The van der Waals surface area contributed by atoms with Crippen molar-refractivity contribution in [3.05, 3.63) is 68.7 Å². The number of aryl methyl sites for hydroxylation is 3. The zero-order valence-corrected chi connectivity index (χ0v) is 14.3. The van der Waals surface area contributed by atoms with Crippen LogP contribution in [0.15, 0.2) is 40.9 Å². The van der Waals surface area contributed by atoms with E-state index in [4.69, 9.17) is 0 Å². The van der Waals surface area contributed by atoms with Gasteiger partial charge in [-0.05, 0) is 73.5 Å². The van der Waals surface area contributed by atoms with Crippen molar-refractivity contribution in [2.45, 2.75) is 38.6 Å². The van der Waals surface area contributed by atoms with Gasteiger partial charge in [0.1, 0.15) is 0 Å². The quantitative estimate of drug-likeness (QED) is 0.831. The fraction of sp³-hybridized carbons (Fsp3) is 0.368. The van der Waals surface area contributed by atoms with Gasteiger partial charge in [0.25, 0.3) is 0 Å². The van der Waals surface area contributed by atoms with Gasteiger partial charge in [-0.1, -0.05) is 46.3 Å². The summed E-state index contributed by atoms with van der Waals surface area (Å²) in [6.07, 6.45) is 5.15. The van der Waals surface area contributed by atoms with Gasteiger partial charge in [0.2, 0.25) is 0 Å². The summed E-state index contributed by atoms with van der Waals surface area (Å²) in [5, 5.41) is 3.47. The molecule has 0 aromatic heterocycles. The predicted octanol–water partition coefficient (Wildman–Crippen LogP) is 4.95. The van der Waals surface area contributed by atoms with Crippen LogP contribution < -0.4 is 5.32 Å². The Morgan fingerprint density at radius 1 is 0.952 bits per heavy atom. The molecule has 2 heteroatoms. The van der Waals surface area contributed by atoms with Crippen molar-refractivity contribution in [1.29, 1.82) is 0 Å². The van der Waals surface area contributed by atoms with Gasteiger partial charge in [0.05, 0.1) is 6.04 Å². The number of benzene rings is 2. The van der Waals surface area contributed by atoms with Crippen LogP contribution in [0.25, 0.3) is 0 Å². The summed E-state index contributed by atoms with van der Waals surface area (Å²) in [4.78, 5) is 0. The molecule has 2 aromatic carbocycles. The maximum absolute atomic E-state index is 3.59. The Bertz CT molecular complexity index is 648. The van der Waals surface area contributed by atoms with Crippen molar-refractivity contribution in [3.8, 4) is 0 Å². The average Bonchev–Trinajstić information content (AvgIpc) is 2.51. The first kappa shape index (κ1) is 14.8. The highest BCUT2D eigenvalue weighted by Gasteiger charge is 2.16. The lowest BCUT2D eigenvalue weighted by atomic mass is 9.88. The largest absolute Gasteiger partial charge is 0.309 e. The standard InChI is InChI=1S/C19H22BrN/c1-13-11-16(9-10-18(13)20)19(21-2)17-8-7-14-5-3-4-6-15(14)12-17/h7-12,19,21H,3-6H2,1-2H3. The van der Waals surface area contributed by atoms with Crippen LogP contribution in [0.2, 0.25) is 0 Å². The van der Waals surface area contributed by atoms with Crippen molar-refractivity contribution >= 4 is 15.9 Å². The van der Waals surface area contributed by atoms with E-state index < -0.39 is 0 Å². The van der Waals surface area contributed by atoms with E-state index in [2.05, 4.69) is 64.6 Å². The van der Waals surface area contributed by atoms with E-state index >= 15 is 0 Å². The number of rotatable bonds is 3. The second-order valence-electron chi connectivity index (χ2n) is 5.97. The van der Waals surface area contributed by atoms with Gasteiger partial charge < -0.3 is 5.32 Å². The molecule has 1 aliphatic carbocycles. The van der Waals surface area contributed by atoms with Gasteiger partial charge in [0.15, 0.2) is 0 Å². The van der Waals surface area contributed by atoms with Crippen LogP contribution in [-0.2, 0) is 12.8 Å². The molecule has 110 valence electrons. The zero-order chi connectivity index (χ0) is 14.8. The SMILES string of the molecule is CNC(c1ccc(Br)c(C)c1)c1ccc2c(c1)CCCC2. The molecule has 0 saturated carbocycles. The molecule has 1 aliphatic rings. The smallest absolute Gasteiger partial charge is 0.0574 e. The van der Waals surface area contributed by atoms with Crippen LogP contribution in [0.5, 0.6) is 0 Å². The molecule has 2 aromatic rings. The Balaban J connectivity index is 1.97. The summed E-state index contributed by atoms with van der Waals surface area (Å²) < 4.78 is 1.17. The number of nitrogens with one attached hydrogen (secondary N) is 1. The molecule has 0 radical (unpaired) electrons. The summed E-state index contributed by atoms with van der Waals surface area (Å²) in [6.45, 7) is 2.15. The fourth-order valence-electron chi connectivity index (χ4n) is 3.31. The average molecular weight is 344 g/mol. The first-order valence-corrected chi connectivity index (χ1v) is 8.53. The summed E-state index contributed by atoms with van der Waals surface area (Å²) in [7, 11) is 2.04. The molecule has 1 N–H and O–H groups in total. The van der Waals surface area contributed by atoms with E-state index in [1.807, 2.05) is 7.05 Å². The number of halogens is 1. The van der Waals surface area contributed by atoms with E-state index in [0.717, 1.165) is 0 Å². The monoisotopic (exact) mass is 343 g/mol. The molecule has 3 rings (SSSR count).